The Labute approximate surface area is 134 Å². The maximum atomic E-state index is 10.5. The van der Waals surface area contributed by atoms with Crippen molar-refractivity contribution in [1.82, 2.24) is 0 Å². The number of hydrogen-bond donors (Lipinski definition) is 2. The maximum Gasteiger partial charge on any atom is 0.0886 e. The van der Waals surface area contributed by atoms with Crippen LogP contribution >= 0.6 is 0 Å². The molecular weight excluding hydrogens is 272 g/mol. The third-order valence-electron chi connectivity index (χ3n) is 8.10. The van der Waals surface area contributed by atoms with Crippen LogP contribution in [0.5, 0.6) is 0 Å². The van der Waals surface area contributed by atoms with Crippen molar-refractivity contribution in [3.05, 3.63) is 24.0 Å². The molecule has 0 heterocycles. The lowest BCUT2D eigenvalue weighted by Crippen LogP contribution is -2.55. The highest BCUT2D eigenvalue weighted by Gasteiger charge is 2.59. The summed E-state index contributed by atoms with van der Waals surface area (Å²) >= 11 is 0. The molecule has 0 bridgehead atoms. The van der Waals surface area contributed by atoms with Crippen molar-refractivity contribution in [2.75, 3.05) is 0 Å². The van der Waals surface area contributed by atoms with Gasteiger partial charge in [0.1, 0.15) is 0 Å². The zero-order valence-corrected chi connectivity index (χ0v) is 14.1. The van der Waals surface area contributed by atoms with Gasteiger partial charge in [-0.25, -0.2) is 0 Å². The molecule has 22 heavy (non-hydrogen) atoms. The number of fused-ring (bicyclic) bond motifs is 5. The normalized spacial score (nSPS) is 56.8. The van der Waals surface area contributed by atoms with Gasteiger partial charge in [-0.15, -0.1) is 0 Å². The molecule has 2 N–H and O–H groups in total. The summed E-state index contributed by atoms with van der Waals surface area (Å²) in [5.41, 5.74) is 0.400. The predicted octanol–water partition coefficient (Wildman–Crippen LogP) is 4.46. The third-order valence-corrected chi connectivity index (χ3v) is 8.10. The summed E-state index contributed by atoms with van der Waals surface area (Å²) in [7, 11) is 0. The lowest BCUT2D eigenvalue weighted by atomic mass is 9.44. The van der Waals surface area contributed by atoms with Crippen molar-refractivity contribution in [3.8, 4) is 0 Å². The molecule has 2 heteroatoms. The first kappa shape index (κ1) is 14.8. The van der Waals surface area contributed by atoms with Crippen molar-refractivity contribution in [2.45, 2.75) is 59.0 Å². The van der Waals surface area contributed by atoms with E-state index in [0.29, 0.717) is 34.8 Å². The fraction of sp³-hybridized carbons (Fsp3) is 0.800. The van der Waals surface area contributed by atoms with E-state index in [-0.39, 0.29) is 11.5 Å². The smallest absolute Gasteiger partial charge is 0.0886 e. The van der Waals surface area contributed by atoms with Gasteiger partial charge in [-0.2, -0.15) is 0 Å². The molecule has 4 aliphatic carbocycles. The van der Waals surface area contributed by atoms with E-state index in [4.69, 9.17) is 0 Å². The van der Waals surface area contributed by atoms with E-state index < -0.39 is 0 Å². The summed E-state index contributed by atoms with van der Waals surface area (Å²) in [5.74, 6) is 3.79. The molecule has 1 unspecified atom stereocenters. The van der Waals surface area contributed by atoms with Crippen LogP contribution in [-0.2, 0) is 0 Å². The van der Waals surface area contributed by atoms with Gasteiger partial charge in [-0.05, 0) is 66.8 Å². The average molecular weight is 302 g/mol. The molecule has 2 saturated carbocycles. The molecular formula is C20H30O2. The van der Waals surface area contributed by atoms with E-state index in [1.807, 2.05) is 0 Å². The molecule has 2 fully saturated rings. The number of aliphatic hydroxyl groups excluding tert-OH is 2. The Balaban J connectivity index is 1.72. The fourth-order valence-corrected chi connectivity index (χ4v) is 6.62. The second-order valence-corrected chi connectivity index (χ2v) is 9.07. The molecule has 0 saturated heterocycles. The maximum absolute atomic E-state index is 10.5. The Kier molecular flexibility index (Phi) is 3.11. The van der Waals surface area contributed by atoms with Gasteiger partial charge in [0, 0.05) is 11.8 Å². The minimum Gasteiger partial charge on any atom is -0.513 e. The first-order valence-corrected chi connectivity index (χ1v) is 9.12. The molecule has 8 atom stereocenters. The monoisotopic (exact) mass is 302 g/mol. The topological polar surface area (TPSA) is 40.5 Å². The van der Waals surface area contributed by atoms with E-state index in [9.17, 15) is 10.2 Å². The zero-order chi connectivity index (χ0) is 15.7. The molecule has 122 valence electrons. The van der Waals surface area contributed by atoms with Gasteiger partial charge in [0.25, 0.3) is 0 Å². The van der Waals surface area contributed by atoms with Crippen molar-refractivity contribution < 1.29 is 10.2 Å². The standard InChI is InChI=1S/C20H30O2/c1-12-10-13-11-14(21)6-8-19(13,2)16-7-9-20(3)15(18(12)16)4-5-17(20)22/h4-5,11-13,15-18,21-22H,6-10H2,1-3H3/t12-,13?,15-,16-,17-,18-,19-,20-/m0/s1. The van der Waals surface area contributed by atoms with Gasteiger partial charge in [0.2, 0.25) is 0 Å². The Hall–Kier alpha value is -0.760. The highest BCUT2D eigenvalue weighted by molar-refractivity contribution is 5.22. The fourth-order valence-electron chi connectivity index (χ4n) is 6.62. The molecule has 0 amide bonds. The van der Waals surface area contributed by atoms with Crippen molar-refractivity contribution in [1.29, 1.82) is 0 Å². The minimum absolute atomic E-state index is 0.0608. The van der Waals surface area contributed by atoms with Crippen molar-refractivity contribution >= 4 is 0 Å². The third kappa shape index (κ3) is 1.76. The SMILES string of the molecule is C[C@H]1CC2C=C(O)CC[C@]2(C)[C@H]2CC[C@]3(C)[C@@H](O)C=C[C@H]3[C@H]12. The van der Waals surface area contributed by atoms with Crippen LogP contribution in [0.3, 0.4) is 0 Å². The highest BCUT2D eigenvalue weighted by Crippen LogP contribution is 2.65. The second-order valence-electron chi connectivity index (χ2n) is 9.07. The number of hydrogen-bond acceptors (Lipinski definition) is 2. The van der Waals surface area contributed by atoms with Gasteiger partial charge in [-0.1, -0.05) is 32.9 Å². The van der Waals surface area contributed by atoms with E-state index in [2.05, 4.69) is 39.0 Å². The molecule has 4 rings (SSSR count). The number of aliphatic hydroxyl groups is 2. The zero-order valence-electron chi connectivity index (χ0n) is 14.1. The van der Waals surface area contributed by atoms with Gasteiger partial charge in [0.05, 0.1) is 11.9 Å². The minimum atomic E-state index is -0.258. The molecule has 0 aliphatic heterocycles. The van der Waals surface area contributed by atoms with Crippen LogP contribution in [0.15, 0.2) is 24.0 Å². The first-order chi connectivity index (χ1) is 10.4. The lowest BCUT2D eigenvalue weighted by molar-refractivity contribution is -0.120. The van der Waals surface area contributed by atoms with Crippen LogP contribution < -0.4 is 0 Å². The Morgan fingerprint density at radius 2 is 1.91 bits per heavy atom. The Morgan fingerprint density at radius 1 is 1.14 bits per heavy atom. The Bertz CT molecular complexity index is 536. The van der Waals surface area contributed by atoms with Gasteiger partial charge < -0.3 is 10.2 Å². The summed E-state index contributed by atoms with van der Waals surface area (Å²) in [6.07, 6.45) is 11.8. The van der Waals surface area contributed by atoms with E-state index >= 15 is 0 Å². The highest BCUT2D eigenvalue weighted by atomic mass is 16.3. The van der Waals surface area contributed by atoms with Crippen LogP contribution in [0.2, 0.25) is 0 Å². The molecule has 4 aliphatic rings. The van der Waals surface area contributed by atoms with Crippen LogP contribution in [0, 0.1) is 40.4 Å². The molecule has 2 nitrogen and oxygen atoms in total. The van der Waals surface area contributed by atoms with Gasteiger partial charge in [-0.3, -0.25) is 0 Å². The van der Waals surface area contributed by atoms with Crippen LogP contribution in [0.4, 0.5) is 0 Å². The largest absolute Gasteiger partial charge is 0.513 e. The van der Waals surface area contributed by atoms with E-state index in [1.165, 1.54) is 12.8 Å². The number of allylic oxidation sites excluding steroid dienone is 3. The molecule has 0 aromatic heterocycles. The molecule has 0 aromatic rings. The summed E-state index contributed by atoms with van der Waals surface area (Å²) in [5, 5.41) is 20.4. The van der Waals surface area contributed by atoms with Gasteiger partial charge >= 0.3 is 0 Å². The van der Waals surface area contributed by atoms with E-state index in [0.717, 1.165) is 25.2 Å². The average Bonchev–Trinajstić information content (AvgIpc) is 2.77. The summed E-state index contributed by atoms with van der Waals surface area (Å²) in [4.78, 5) is 0. The predicted molar refractivity (Wildman–Crippen MR) is 88.3 cm³/mol. The van der Waals surface area contributed by atoms with E-state index in [1.54, 1.807) is 0 Å². The summed E-state index contributed by atoms with van der Waals surface area (Å²) in [6.45, 7) is 7.18. The van der Waals surface area contributed by atoms with Crippen molar-refractivity contribution in [3.63, 3.8) is 0 Å². The van der Waals surface area contributed by atoms with Crippen molar-refractivity contribution in [2.24, 2.45) is 40.4 Å². The second kappa shape index (κ2) is 4.63. The summed E-state index contributed by atoms with van der Waals surface area (Å²) in [6, 6.07) is 0. The molecule has 0 radical (unpaired) electrons. The quantitative estimate of drug-likeness (QED) is 0.648. The van der Waals surface area contributed by atoms with Crippen LogP contribution in [0.1, 0.15) is 52.9 Å². The summed E-state index contributed by atoms with van der Waals surface area (Å²) < 4.78 is 0. The lowest BCUT2D eigenvalue weighted by Gasteiger charge is -2.61. The molecule has 0 spiro atoms. The van der Waals surface area contributed by atoms with Crippen LogP contribution in [0.25, 0.3) is 0 Å². The van der Waals surface area contributed by atoms with Crippen LogP contribution in [-0.4, -0.2) is 16.3 Å². The Morgan fingerprint density at radius 3 is 2.68 bits per heavy atom. The number of rotatable bonds is 0. The first-order valence-electron chi connectivity index (χ1n) is 9.12. The molecule has 0 aromatic carbocycles. The van der Waals surface area contributed by atoms with Gasteiger partial charge in [0.15, 0.2) is 0 Å².